The SMILES string of the molecule is CCC(C)(C)OC(=O)N=[N+]=[N-]. The first-order chi connectivity index (χ1) is 5.02. The van der Waals surface area contributed by atoms with Gasteiger partial charge in [-0.05, 0) is 25.8 Å². The van der Waals surface area contributed by atoms with E-state index in [0.29, 0.717) is 6.42 Å². The third-order valence-electron chi connectivity index (χ3n) is 1.34. The van der Waals surface area contributed by atoms with Crippen LogP contribution in [0.4, 0.5) is 4.79 Å². The lowest BCUT2D eigenvalue weighted by Crippen LogP contribution is -2.25. The van der Waals surface area contributed by atoms with E-state index in [1.165, 1.54) is 0 Å². The van der Waals surface area contributed by atoms with Gasteiger partial charge in [0.05, 0.1) is 0 Å². The number of hydrogen-bond donors (Lipinski definition) is 0. The van der Waals surface area contributed by atoms with Crippen LogP contribution in [0.2, 0.25) is 0 Å². The molecule has 0 atom stereocenters. The van der Waals surface area contributed by atoms with Gasteiger partial charge in [-0.15, -0.1) is 0 Å². The zero-order chi connectivity index (χ0) is 8.91. The predicted octanol–water partition coefficient (Wildman–Crippen LogP) is 2.62. The van der Waals surface area contributed by atoms with E-state index in [4.69, 9.17) is 10.3 Å². The zero-order valence-electron chi connectivity index (χ0n) is 6.87. The molecule has 0 N–H and O–H groups in total. The lowest BCUT2D eigenvalue weighted by Gasteiger charge is -2.21. The Morgan fingerprint density at radius 1 is 1.73 bits per heavy atom. The van der Waals surface area contributed by atoms with Crippen LogP contribution in [0.25, 0.3) is 10.4 Å². The molecule has 5 heteroatoms. The van der Waals surface area contributed by atoms with Gasteiger partial charge in [0.25, 0.3) is 0 Å². The molecule has 0 spiro atoms. The van der Waals surface area contributed by atoms with Gasteiger partial charge in [0, 0.05) is 10.0 Å². The van der Waals surface area contributed by atoms with Gasteiger partial charge in [0.15, 0.2) is 0 Å². The van der Waals surface area contributed by atoms with Gasteiger partial charge in [0.2, 0.25) is 0 Å². The zero-order valence-corrected chi connectivity index (χ0v) is 6.87. The van der Waals surface area contributed by atoms with E-state index in [1.807, 2.05) is 6.92 Å². The molecule has 62 valence electrons. The van der Waals surface area contributed by atoms with Crippen molar-refractivity contribution in [2.24, 2.45) is 5.11 Å². The highest BCUT2D eigenvalue weighted by Gasteiger charge is 2.18. The Morgan fingerprint density at radius 2 is 2.27 bits per heavy atom. The molecule has 0 aromatic carbocycles. The molecule has 0 aliphatic carbocycles. The molecular weight excluding hydrogens is 146 g/mol. The highest BCUT2D eigenvalue weighted by Crippen LogP contribution is 2.14. The summed E-state index contributed by atoms with van der Waals surface area (Å²) in [5.74, 6) is 0. The van der Waals surface area contributed by atoms with Crippen LogP contribution >= 0.6 is 0 Å². The van der Waals surface area contributed by atoms with Crippen molar-refractivity contribution in [1.29, 1.82) is 0 Å². The van der Waals surface area contributed by atoms with Crippen LogP contribution in [-0.2, 0) is 4.74 Å². The summed E-state index contributed by atoms with van der Waals surface area (Å²) in [6, 6.07) is 0. The fourth-order valence-electron chi connectivity index (χ4n) is 0.365. The molecule has 0 bridgehead atoms. The maximum atomic E-state index is 10.6. The van der Waals surface area contributed by atoms with Crippen LogP contribution in [0.3, 0.4) is 0 Å². The van der Waals surface area contributed by atoms with Crippen molar-refractivity contribution in [2.75, 3.05) is 0 Å². The number of rotatable bonds is 2. The fourth-order valence-corrected chi connectivity index (χ4v) is 0.365. The molecule has 0 aliphatic rings. The first-order valence-corrected chi connectivity index (χ1v) is 3.30. The average Bonchev–Trinajstić information content (AvgIpc) is 1.87. The summed E-state index contributed by atoms with van der Waals surface area (Å²) >= 11 is 0. The van der Waals surface area contributed by atoms with E-state index in [1.54, 1.807) is 13.8 Å². The molecular formula is C6H11N3O2. The number of ether oxygens (including phenoxy) is 1. The van der Waals surface area contributed by atoms with Crippen LogP contribution in [0, 0.1) is 0 Å². The molecule has 0 aliphatic heterocycles. The molecule has 0 saturated heterocycles. The summed E-state index contributed by atoms with van der Waals surface area (Å²) in [4.78, 5) is 12.9. The Balaban J connectivity index is 4.03. The summed E-state index contributed by atoms with van der Waals surface area (Å²) in [5.41, 5.74) is 7.31. The Hall–Kier alpha value is -1.22. The molecule has 0 rings (SSSR count). The Bertz CT molecular complexity index is 194. The summed E-state index contributed by atoms with van der Waals surface area (Å²) in [6.07, 6.45) is -0.195. The van der Waals surface area contributed by atoms with E-state index in [0.717, 1.165) is 0 Å². The van der Waals surface area contributed by atoms with Gasteiger partial charge in [-0.1, -0.05) is 6.92 Å². The standard InChI is InChI=1S/C6H11N3O2/c1-4-6(2,3)11-5(10)8-9-7/h4H2,1-3H3. The van der Waals surface area contributed by atoms with Crippen LogP contribution in [0.1, 0.15) is 27.2 Å². The Morgan fingerprint density at radius 3 is 2.64 bits per heavy atom. The molecule has 11 heavy (non-hydrogen) atoms. The summed E-state index contributed by atoms with van der Waals surface area (Å²) in [6.45, 7) is 5.37. The molecule has 0 radical (unpaired) electrons. The minimum atomic E-state index is -0.876. The molecule has 0 aromatic heterocycles. The van der Waals surface area contributed by atoms with E-state index in [9.17, 15) is 4.79 Å². The van der Waals surface area contributed by atoms with E-state index < -0.39 is 11.7 Å². The van der Waals surface area contributed by atoms with Crippen LogP contribution < -0.4 is 0 Å². The first kappa shape index (κ1) is 9.78. The fraction of sp³-hybridized carbons (Fsp3) is 0.833. The predicted molar refractivity (Wildman–Crippen MR) is 40.0 cm³/mol. The van der Waals surface area contributed by atoms with Crippen molar-refractivity contribution >= 4 is 6.09 Å². The summed E-state index contributed by atoms with van der Waals surface area (Å²) < 4.78 is 4.77. The number of carbonyl (C=O) groups excluding carboxylic acids is 1. The quantitative estimate of drug-likeness (QED) is 0.351. The van der Waals surface area contributed by atoms with Crippen molar-refractivity contribution in [3.8, 4) is 0 Å². The molecule has 0 fully saturated rings. The molecule has 5 nitrogen and oxygen atoms in total. The highest BCUT2D eigenvalue weighted by molar-refractivity contribution is 5.68. The van der Waals surface area contributed by atoms with E-state index in [-0.39, 0.29) is 0 Å². The smallest absolute Gasteiger partial charge is 0.397 e. The van der Waals surface area contributed by atoms with Gasteiger partial charge < -0.3 is 4.74 Å². The largest absolute Gasteiger partial charge is 0.455 e. The normalized spacial score (nSPS) is 10.1. The number of nitrogens with zero attached hydrogens (tertiary/aromatic N) is 3. The maximum absolute atomic E-state index is 10.6. The van der Waals surface area contributed by atoms with Crippen molar-refractivity contribution in [2.45, 2.75) is 32.8 Å². The molecule has 0 heterocycles. The summed E-state index contributed by atoms with van der Waals surface area (Å²) in [7, 11) is 0. The highest BCUT2D eigenvalue weighted by atomic mass is 16.6. The number of hydrogen-bond acceptors (Lipinski definition) is 2. The third kappa shape index (κ3) is 4.22. The first-order valence-electron chi connectivity index (χ1n) is 3.30. The molecule has 0 saturated carbocycles. The van der Waals surface area contributed by atoms with Crippen molar-refractivity contribution in [1.82, 2.24) is 0 Å². The summed E-state index contributed by atoms with van der Waals surface area (Å²) in [5, 5.41) is 2.78. The Labute approximate surface area is 65.0 Å². The van der Waals surface area contributed by atoms with Crippen LogP contribution in [0.5, 0.6) is 0 Å². The minimum Gasteiger partial charge on any atom is -0.455 e. The monoisotopic (exact) mass is 157 g/mol. The number of carbonyl (C=O) groups is 1. The average molecular weight is 157 g/mol. The second kappa shape index (κ2) is 3.83. The van der Waals surface area contributed by atoms with Crippen LogP contribution in [0.15, 0.2) is 5.11 Å². The molecule has 1 amide bonds. The Kier molecular flexibility index (Phi) is 3.40. The lowest BCUT2D eigenvalue weighted by atomic mass is 10.1. The van der Waals surface area contributed by atoms with Crippen molar-refractivity contribution in [3.05, 3.63) is 10.4 Å². The topological polar surface area (TPSA) is 75.1 Å². The van der Waals surface area contributed by atoms with Crippen LogP contribution in [-0.4, -0.2) is 11.7 Å². The second-order valence-electron chi connectivity index (χ2n) is 2.67. The van der Waals surface area contributed by atoms with Gasteiger partial charge in [-0.2, -0.15) is 0 Å². The molecule has 0 aromatic rings. The lowest BCUT2D eigenvalue weighted by molar-refractivity contribution is 0.0429. The van der Waals surface area contributed by atoms with Gasteiger partial charge in [-0.3, -0.25) is 0 Å². The van der Waals surface area contributed by atoms with Crippen molar-refractivity contribution < 1.29 is 9.53 Å². The molecule has 0 unspecified atom stereocenters. The van der Waals surface area contributed by atoms with Crippen molar-refractivity contribution in [3.63, 3.8) is 0 Å². The number of azide groups is 1. The second-order valence-corrected chi connectivity index (χ2v) is 2.67. The maximum Gasteiger partial charge on any atom is 0.397 e. The van der Waals surface area contributed by atoms with E-state index >= 15 is 0 Å². The van der Waals surface area contributed by atoms with Gasteiger partial charge >= 0.3 is 6.09 Å². The van der Waals surface area contributed by atoms with Gasteiger partial charge in [-0.25, -0.2) is 4.79 Å². The number of amides is 1. The van der Waals surface area contributed by atoms with Gasteiger partial charge in [0.1, 0.15) is 5.60 Å². The third-order valence-corrected chi connectivity index (χ3v) is 1.34. The minimum absolute atomic E-state index is 0.550. The van der Waals surface area contributed by atoms with E-state index in [2.05, 4.69) is 10.0 Å².